The summed E-state index contributed by atoms with van der Waals surface area (Å²) < 4.78 is 11.7. The number of carbonyl (C=O) groups excluding carboxylic acids is 2. The standard InChI is InChI=1S/C46H60N4O5/c1-9-42(5)24-30-25-43(6,37-32(16-20-49(26-30)27-42)31-14-11-12-15-35(31)47-37)33-23-34-36(22-28(33)3)48(7)39-45(34)18-21-50-19-13-17-44(10-2,38(45)50)40(55-29(4)51)46(39,53)41(52)54-8/h11-15,17,22-23,30,38-40,47,53H,9-10,16,18-21,24-27H2,1-8H3/t30-,38+,39-,40-,42?,43-,44-,45-,46+/m1/s1. The molecule has 2 saturated heterocycles. The fourth-order valence-corrected chi connectivity index (χ4v) is 13.8. The van der Waals surface area contributed by atoms with Crippen molar-refractivity contribution >= 4 is 28.5 Å². The van der Waals surface area contributed by atoms with Gasteiger partial charge in [-0.1, -0.05) is 57.2 Å². The van der Waals surface area contributed by atoms with Crippen LogP contribution in [0.15, 0.2) is 48.6 Å². The zero-order valence-electron chi connectivity index (χ0n) is 34.1. The van der Waals surface area contributed by atoms with Gasteiger partial charge in [0.2, 0.25) is 5.60 Å². The second-order valence-electron chi connectivity index (χ2n) is 18.8. The second-order valence-corrected chi connectivity index (χ2v) is 18.8. The van der Waals surface area contributed by atoms with Gasteiger partial charge in [-0.15, -0.1) is 0 Å². The SMILES string of the molecule is CCC1(C)C[C@H]2CN(CCc3c([nH]c4ccccc34)[C@@](C)(c3cc4c(cc3C)N(C)[C@H]3[C@@](O)(C(=O)OC)[C@H](OC(C)=O)[C@]5(CC)C=CCN6CC[C@]43[C@@H]65)C2)C1. The number of rotatable bonds is 5. The number of esters is 2. The van der Waals surface area contributed by atoms with Gasteiger partial charge in [0.05, 0.1) is 13.2 Å². The number of fused-ring (bicyclic) bond motifs is 6. The van der Waals surface area contributed by atoms with Crippen molar-refractivity contribution in [1.82, 2.24) is 14.8 Å². The molecule has 9 rings (SSSR count). The molecule has 55 heavy (non-hydrogen) atoms. The molecule has 2 N–H and O–H groups in total. The number of benzene rings is 2. The molecular weight excluding hydrogens is 689 g/mol. The molecule has 2 bridgehead atoms. The van der Waals surface area contributed by atoms with Crippen LogP contribution in [0.3, 0.4) is 0 Å². The summed E-state index contributed by atoms with van der Waals surface area (Å²) >= 11 is 0. The molecule has 1 saturated carbocycles. The third-order valence-corrected chi connectivity index (χ3v) is 15.8. The Balaban J connectivity index is 1.30. The maximum atomic E-state index is 14.3. The van der Waals surface area contributed by atoms with Crippen molar-refractivity contribution in [3.63, 3.8) is 0 Å². The zero-order chi connectivity index (χ0) is 38.9. The largest absolute Gasteiger partial charge is 0.467 e. The van der Waals surface area contributed by atoms with E-state index in [0.29, 0.717) is 12.3 Å². The van der Waals surface area contributed by atoms with Crippen LogP contribution in [0.2, 0.25) is 0 Å². The molecule has 10 atom stereocenters. The molecular formula is C46H60N4O5. The number of anilines is 1. The molecule has 1 aromatic heterocycles. The first kappa shape index (κ1) is 36.9. The minimum absolute atomic E-state index is 0.109. The monoisotopic (exact) mass is 748 g/mol. The number of ether oxygens (including phenoxy) is 2. The van der Waals surface area contributed by atoms with Crippen LogP contribution in [0, 0.1) is 23.7 Å². The van der Waals surface area contributed by atoms with Crippen LogP contribution in [0.25, 0.3) is 10.9 Å². The number of aromatic amines is 1. The van der Waals surface area contributed by atoms with Crippen LogP contribution in [0.1, 0.15) is 94.7 Å². The molecule has 0 amide bonds. The van der Waals surface area contributed by atoms with Gasteiger partial charge in [-0.2, -0.15) is 0 Å². The Morgan fingerprint density at radius 3 is 2.55 bits per heavy atom. The minimum Gasteiger partial charge on any atom is -0.467 e. The number of nitrogens with one attached hydrogen (secondary N) is 1. The maximum absolute atomic E-state index is 14.3. The molecule has 294 valence electrons. The molecule has 6 heterocycles. The van der Waals surface area contributed by atoms with E-state index in [1.165, 1.54) is 65.7 Å². The predicted molar refractivity (Wildman–Crippen MR) is 215 cm³/mol. The normalized spacial score (nSPS) is 39.0. The van der Waals surface area contributed by atoms with E-state index in [2.05, 4.69) is 103 Å². The van der Waals surface area contributed by atoms with Gasteiger partial charge in [0, 0.05) is 84.7 Å². The lowest BCUT2D eigenvalue weighted by molar-refractivity contribution is -0.228. The highest BCUT2D eigenvalue weighted by molar-refractivity contribution is 5.88. The number of carbonyl (C=O) groups is 2. The van der Waals surface area contributed by atoms with Gasteiger partial charge < -0.3 is 29.4 Å². The number of nitrogens with zero attached hydrogens (tertiary/aromatic N) is 3. The van der Waals surface area contributed by atoms with Gasteiger partial charge >= 0.3 is 11.9 Å². The quantitative estimate of drug-likeness (QED) is 0.228. The fraction of sp³-hybridized carbons (Fsp3) is 0.609. The summed E-state index contributed by atoms with van der Waals surface area (Å²) in [6.07, 6.45) is 8.89. The van der Waals surface area contributed by atoms with Crippen molar-refractivity contribution in [3.8, 4) is 0 Å². The first-order chi connectivity index (χ1) is 26.2. The minimum atomic E-state index is -2.13. The number of methoxy groups -OCH3 is 1. The summed E-state index contributed by atoms with van der Waals surface area (Å²) in [5.74, 6) is -0.755. The van der Waals surface area contributed by atoms with E-state index < -0.39 is 40.5 Å². The first-order valence-electron chi connectivity index (χ1n) is 20.8. The molecule has 2 aromatic carbocycles. The zero-order valence-corrected chi connectivity index (χ0v) is 34.1. The van der Waals surface area contributed by atoms with E-state index in [4.69, 9.17) is 9.47 Å². The van der Waals surface area contributed by atoms with E-state index in [1.54, 1.807) is 0 Å². The van der Waals surface area contributed by atoms with E-state index in [1.807, 2.05) is 7.05 Å². The molecule has 5 aliphatic heterocycles. The number of likely N-dealkylation sites (N-methyl/N-ethyl adjacent to an activating group) is 1. The highest BCUT2D eigenvalue weighted by Crippen LogP contribution is 2.68. The third kappa shape index (κ3) is 4.81. The number of aliphatic hydroxyl groups is 1. The van der Waals surface area contributed by atoms with E-state index in [-0.39, 0.29) is 16.9 Å². The summed E-state index contributed by atoms with van der Waals surface area (Å²) in [6, 6.07) is 12.8. The molecule has 6 aliphatic rings. The smallest absolute Gasteiger partial charge is 0.344 e. The Kier molecular flexibility index (Phi) is 8.34. The summed E-state index contributed by atoms with van der Waals surface area (Å²) in [7, 11) is 3.34. The Labute approximate surface area is 326 Å². The summed E-state index contributed by atoms with van der Waals surface area (Å²) in [5, 5.41) is 14.6. The molecule has 9 nitrogen and oxygen atoms in total. The second kappa shape index (κ2) is 12.4. The average Bonchev–Trinajstić information content (AvgIpc) is 3.82. The number of piperidine rings is 1. The van der Waals surface area contributed by atoms with Crippen LogP contribution >= 0.6 is 0 Å². The Hall–Kier alpha value is -3.66. The summed E-state index contributed by atoms with van der Waals surface area (Å²) in [6.45, 7) is 17.9. The fourth-order valence-electron chi connectivity index (χ4n) is 13.8. The number of hydrogen-bond donors (Lipinski definition) is 2. The van der Waals surface area contributed by atoms with E-state index >= 15 is 0 Å². The number of aryl methyl sites for hydroxylation is 1. The van der Waals surface area contributed by atoms with Gasteiger partial charge in [0.1, 0.15) is 0 Å². The van der Waals surface area contributed by atoms with Gasteiger partial charge in [0.25, 0.3) is 0 Å². The molecule has 2 unspecified atom stereocenters. The van der Waals surface area contributed by atoms with E-state index in [0.717, 1.165) is 57.7 Å². The molecule has 9 heteroatoms. The van der Waals surface area contributed by atoms with Crippen molar-refractivity contribution in [1.29, 1.82) is 0 Å². The number of hydrogen-bond acceptors (Lipinski definition) is 8. The van der Waals surface area contributed by atoms with Gasteiger partial charge in [-0.3, -0.25) is 9.69 Å². The van der Waals surface area contributed by atoms with Crippen molar-refractivity contribution in [2.75, 3.05) is 51.8 Å². The molecule has 0 radical (unpaired) electrons. The van der Waals surface area contributed by atoms with Crippen LogP contribution in [0.4, 0.5) is 5.69 Å². The Morgan fingerprint density at radius 2 is 1.82 bits per heavy atom. The summed E-state index contributed by atoms with van der Waals surface area (Å²) in [4.78, 5) is 38.7. The van der Waals surface area contributed by atoms with E-state index in [9.17, 15) is 14.7 Å². The van der Waals surface area contributed by atoms with Crippen molar-refractivity contribution in [2.45, 2.75) is 115 Å². The van der Waals surface area contributed by atoms with Crippen LogP contribution in [0.5, 0.6) is 0 Å². The van der Waals surface area contributed by atoms with Crippen molar-refractivity contribution in [2.24, 2.45) is 16.7 Å². The van der Waals surface area contributed by atoms with Crippen molar-refractivity contribution < 1.29 is 24.2 Å². The van der Waals surface area contributed by atoms with Gasteiger partial charge in [-0.25, -0.2) is 4.79 Å². The molecule has 3 fully saturated rings. The molecule has 3 aromatic rings. The van der Waals surface area contributed by atoms with Crippen LogP contribution < -0.4 is 4.90 Å². The van der Waals surface area contributed by atoms with Crippen LogP contribution in [-0.4, -0.2) is 102 Å². The lowest BCUT2D eigenvalue weighted by Crippen LogP contribution is -2.81. The first-order valence-corrected chi connectivity index (χ1v) is 20.8. The topological polar surface area (TPSA) is 98.3 Å². The summed E-state index contributed by atoms with van der Waals surface area (Å²) in [5.41, 5.74) is 5.01. The highest BCUT2D eigenvalue weighted by atomic mass is 16.6. The van der Waals surface area contributed by atoms with Crippen LogP contribution in [-0.2, 0) is 36.3 Å². The average molecular weight is 749 g/mol. The van der Waals surface area contributed by atoms with Gasteiger partial charge in [0.15, 0.2) is 6.10 Å². The van der Waals surface area contributed by atoms with Crippen molar-refractivity contribution in [3.05, 3.63) is 76.5 Å². The lowest BCUT2D eigenvalue weighted by atomic mass is 9.47. The lowest BCUT2D eigenvalue weighted by Gasteiger charge is -2.63. The number of para-hydroxylation sites is 1. The number of aromatic nitrogens is 1. The van der Waals surface area contributed by atoms with Gasteiger partial charge in [-0.05, 0) is 105 Å². The Morgan fingerprint density at radius 1 is 1.04 bits per heavy atom. The molecule has 1 aliphatic carbocycles. The molecule has 1 spiro atoms. The Bertz CT molecular complexity index is 2110. The predicted octanol–water partition coefficient (Wildman–Crippen LogP) is 6.41. The third-order valence-electron chi connectivity index (χ3n) is 15.8. The maximum Gasteiger partial charge on any atom is 0.344 e. The highest BCUT2D eigenvalue weighted by Gasteiger charge is 2.80. The number of H-pyrrole nitrogens is 1.